The van der Waals surface area contributed by atoms with E-state index in [9.17, 15) is 0 Å². The van der Waals surface area contributed by atoms with Crippen molar-refractivity contribution in [1.82, 2.24) is 15.1 Å². The highest BCUT2D eigenvalue weighted by molar-refractivity contribution is 9.10. The van der Waals surface area contributed by atoms with Gasteiger partial charge in [-0.05, 0) is 31.7 Å². The third-order valence-electron chi connectivity index (χ3n) is 3.48. The molecule has 1 atom stereocenters. The van der Waals surface area contributed by atoms with Gasteiger partial charge in [0.05, 0.1) is 6.20 Å². The zero-order valence-electron chi connectivity index (χ0n) is 12.4. The summed E-state index contributed by atoms with van der Waals surface area (Å²) in [4.78, 5) is 2.25. The van der Waals surface area contributed by atoms with Gasteiger partial charge in [0.15, 0.2) is 0 Å². The molecule has 0 aliphatic heterocycles. The third-order valence-corrected chi connectivity index (χ3v) is 3.97. The lowest BCUT2D eigenvalue weighted by Crippen LogP contribution is -2.21. The monoisotopic (exact) mass is 336 g/mol. The molecule has 1 N–H and O–H groups in total. The van der Waals surface area contributed by atoms with Crippen LogP contribution in [0.5, 0.6) is 0 Å². The molecule has 0 saturated carbocycles. The first-order chi connectivity index (χ1) is 9.51. The standard InChI is InChI=1S/C15H21BrN4/c1-11(17-2)14-6-5-13(16)7-15(14)19(3)9-12-8-18-20(4)10-12/h5-8,10-11,17H,9H2,1-4H3. The van der Waals surface area contributed by atoms with Crippen molar-refractivity contribution in [2.75, 3.05) is 19.0 Å². The van der Waals surface area contributed by atoms with E-state index < -0.39 is 0 Å². The fourth-order valence-corrected chi connectivity index (χ4v) is 2.63. The number of nitrogens with zero attached hydrogens (tertiary/aromatic N) is 3. The second-order valence-electron chi connectivity index (χ2n) is 5.09. The van der Waals surface area contributed by atoms with Gasteiger partial charge in [0.1, 0.15) is 0 Å². The molecule has 20 heavy (non-hydrogen) atoms. The highest BCUT2D eigenvalue weighted by Crippen LogP contribution is 2.29. The average molecular weight is 337 g/mol. The molecule has 0 fully saturated rings. The molecule has 0 amide bonds. The van der Waals surface area contributed by atoms with E-state index in [2.05, 4.69) is 69.6 Å². The number of benzene rings is 1. The van der Waals surface area contributed by atoms with E-state index in [0.29, 0.717) is 6.04 Å². The molecule has 0 aliphatic carbocycles. The molecule has 1 aromatic heterocycles. The van der Waals surface area contributed by atoms with Crippen LogP contribution >= 0.6 is 15.9 Å². The Morgan fingerprint density at radius 1 is 1.45 bits per heavy atom. The maximum atomic E-state index is 4.22. The summed E-state index contributed by atoms with van der Waals surface area (Å²) in [5.74, 6) is 0. The number of rotatable bonds is 5. The van der Waals surface area contributed by atoms with Crippen LogP contribution in [0.25, 0.3) is 0 Å². The minimum atomic E-state index is 0.314. The van der Waals surface area contributed by atoms with Crippen LogP contribution in [0.15, 0.2) is 35.1 Å². The Morgan fingerprint density at radius 2 is 2.20 bits per heavy atom. The molecule has 1 heterocycles. The summed E-state index contributed by atoms with van der Waals surface area (Å²) in [6, 6.07) is 6.74. The smallest absolute Gasteiger partial charge is 0.0539 e. The summed E-state index contributed by atoms with van der Waals surface area (Å²) in [6.07, 6.45) is 3.96. The third kappa shape index (κ3) is 3.41. The number of aromatic nitrogens is 2. The predicted molar refractivity (Wildman–Crippen MR) is 86.9 cm³/mol. The van der Waals surface area contributed by atoms with Gasteiger partial charge in [0.25, 0.3) is 0 Å². The molecular formula is C15H21BrN4. The van der Waals surface area contributed by atoms with E-state index in [1.165, 1.54) is 16.8 Å². The van der Waals surface area contributed by atoms with Crippen molar-refractivity contribution >= 4 is 21.6 Å². The lowest BCUT2D eigenvalue weighted by Gasteiger charge is -2.25. The zero-order chi connectivity index (χ0) is 14.7. The lowest BCUT2D eigenvalue weighted by molar-refractivity contribution is 0.649. The quantitative estimate of drug-likeness (QED) is 0.910. The molecule has 5 heteroatoms. The van der Waals surface area contributed by atoms with E-state index in [1.807, 2.05) is 25.0 Å². The summed E-state index contributed by atoms with van der Waals surface area (Å²) in [7, 11) is 6.04. The molecule has 0 radical (unpaired) electrons. The Kier molecular flexibility index (Phi) is 4.83. The SMILES string of the molecule is CNC(C)c1ccc(Br)cc1N(C)Cc1cnn(C)c1. The second kappa shape index (κ2) is 6.41. The normalized spacial score (nSPS) is 12.4. The highest BCUT2D eigenvalue weighted by Gasteiger charge is 2.13. The number of anilines is 1. The molecule has 2 aromatic rings. The van der Waals surface area contributed by atoms with Crippen LogP contribution in [0.2, 0.25) is 0 Å². The molecule has 1 unspecified atom stereocenters. The lowest BCUT2D eigenvalue weighted by atomic mass is 10.1. The van der Waals surface area contributed by atoms with Crippen LogP contribution in [0.1, 0.15) is 24.1 Å². The van der Waals surface area contributed by atoms with E-state index in [-0.39, 0.29) is 0 Å². The topological polar surface area (TPSA) is 33.1 Å². The minimum Gasteiger partial charge on any atom is -0.370 e. The van der Waals surface area contributed by atoms with Crippen LogP contribution in [0.3, 0.4) is 0 Å². The van der Waals surface area contributed by atoms with Gasteiger partial charge in [0.2, 0.25) is 0 Å². The summed E-state index contributed by atoms with van der Waals surface area (Å²) in [6.45, 7) is 3.01. The number of hydrogen-bond acceptors (Lipinski definition) is 3. The minimum absolute atomic E-state index is 0.314. The number of nitrogens with one attached hydrogen (secondary N) is 1. The van der Waals surface area contributed by atoms with Crippen molar-refractivity contribution < 1.29 is 0 Å². The maximum absolute atomic E-state index is 4.22. The molecule has 0 spiro atoms. The zero-order valence-corrected chi connectivity index (χ0v) is 14.0. The van der Waals surface area contributed by atoms with Crippen molar-refractivity contribution in [2.24, 2.45) is 7.05 Å². The van der Waals surface area contributed by atoms with E-state index in [1.54, 1.807) is 0 Å². The van der Waals surface area contributed by atoms with E-state index >= 15 is 0 Å². The first kappa shape index (κ1) is 15.1. The number of hydrogen-bond donors (Lipinski definition) is 1. The summed E-state index contributed by atoms with van der Waals surface area (Å²) < 4.78 is 2.93. The van der Waals surface area contributed by atoms with Crippen LogP contribution in [0, 0.1) is 0 Å². The summed E-state index contributed by atoms with van der Waals surface area (Å²) in [5.41, 5.74) is 3.73. The first-order valence-corrected chi connectivity index (χ1v) is 7.46. The molecule has 108 valence electrons. The molecular weight excluding hydrogens is 316 g/mol. The Hall–Kier alpha value is -1.33. The summed E-state index contributed by atoms with van der Waals surface area (Å²) in [5, 5.41) is 7.53. The number of halogens is 1. The van der Waals surface area contributed by atoms with Gasteiger partial charge < -0.3 is 10.2 Å². The Bertz CT molecular complexity index is 579. The van der Waals surface area contributed by atoms with Crippen molar-refractivity contribution in [2.45, 2.75) is 19.5 Å². The average Bonchev–Trinajstić information content (AvgIpc) is 2.83. The van der Waals surface area contributed by atoms with Gasteiger partial charge in [-0.25, -0.2) is 0 Å². The van der Waals surface area contributed by atoms with Gasteiger partial charge >= 0.3 is 0 Å². The van der Waals surface area contributed by atoms with E-state index in [4.69, 9.17) is 0 Å². The molecule has 4 nitrogen and oxygen atoms in total. The highest BCUT2D eigenvalue weighted by atomic mass is 79.9. The fraction of sp³-hybridized carbons (Fsp3) is 0.400. The number of aryl methyl sites for hydroxylation is 1. The molecule has 0 saturated heterocycles. The Morgan fingerprint density at radius 3 is 2.80 bits per heavy atom. The van der Waals surface area contributed by atoms with Crippen molar-refractivity contribution in [3.8, 4) is 0 Å². The van der Waals surface area contributed by atoms with Crippen molar-refractivity contribution in [3.63, 3.8) is 0 Å². The van der Waals surface area contributed by atoms with Crippen LogP contribution in [0.4, 0.5) is 5.69 Å². The van der Waals surface area contributed by atoms with Gasteiger partial charge in [-0.2, -0.15) is 5.10 Å². The van der Waals surface area contributed by atoms with Crippen LogP contribution in [-0.2, 0) is 13.6 Å². The fourth-order valence-electron chi connectivity index (χ4n) is 2.28. The van der Waals surface area contributed by atoms with Crippen molar-refractivity contribution in [1.29, 1.82) is 0 Å². The largest absolute Gasteiger partial charge is 0.370 e. The van der Waals surface area contributed by atoms with Crippen LogP contribution < -0.4 is 10.2 Å². The Balaban J connectivity index is 2.27. The predicted octanol–water partition coefficient (Wildman–Crippen LogP) is 3.10. The Labute approximate surface area is 128 Å². The van der Waals surface area contributed by atoms with Crippen LogP contribution in [-0.4, -0.2) is 23.9 Å². The van der Waals surface area contributed by atoms with Gasteiger partial charge in [0, 0.05) is 48.6 Å². The molecule has 0 aliphatic rings. The van der Waals surface area contributed by atoms with Gasteiger partial charge in [-0.1, -0.05) is 22.0 Å². The summed E-state index contributed by atoms with van der Waals surface area (Å²) >= 11 is 3.56. The van der Waals surface area contributed by atoms with E-state index in [0.717, 1.165) is 11.0 Å². The van der Waals surface area contributed by atoms with Gasteiger partial charge in [-0.15, -0.1) is 0 Å². The second-order valence-corrected chi connectivity index (χ2v) is 6.01. The first-order valence-electron chi connectivity index (χ1n) is 6.66. The van der Waals surface area contributed by atoms with Gasteiger partial charge in [-0.3, -0.25) is 4.68 Å². The maximum Gasteiger partial charge on any atom is 0.0539 e. The molecule has 0 bridgehead atoms. The molecule has 2 rings (SSSR count). The molecule has 1 aromatic carbocycles. The van der Waals surface area contributed by atoms with Crippen molar-refractivity contribution in [3.05, 3.63) is 46.2 Å².